The van der Waals surface area contributed by atoms with E-state index in [0.717, 1.165) is 50.4 Å². The summed E-state index contributed by atoms with van der Waals surface area (Å²) < 4.78 is 5.31. The lowest BCUT2D eigenvalue weighted by Gasteiger charge is -2.37. The molecule has 0 radical (unpaired) electrons. The Kier molecular flexibility index (Phi) is 6.10. The van der Waals surface area contributed by atoms with Gasteiger partial charge in [0.1, 0.15) is 6.61 Å². The third-order valence-corrected chi connectivity index (χ3v) is 5.10. The van der Waals surface area contributed by atoms with Gasteiger partial charge in [-0.05, 0) is 44.1 Å². The summed E-state index contributed by atoms with van der Waals surface area (Å²) in [6.45, 7) is 2.07. The number of ether oxygens (including phenoxy) is 1. The third kappa shape index (κ3) is 4.95. The quantitative estimate of drug-likeness (QED) is 0.806. The number of carbonyl (C=O) groups excluding carboxylic acids is 1. The number of amides is 1. The molecule has 2 fully saturated rings. The van der Waals surface area contributed by atoms with E-state index in [9.17, 15) is 4.79 Å². The van der Waals surface area contributed by atoms with Gasteiger partial charge in [-0.25, -0.2) is 4.79 Å². The Morgan fingerprint density at radius 3 is 2.29 bits per heavy atom. The fraction of sp³-hybridized carbons (Fsp3) is 0.632. The Bertz CT molecular complexity index is 511. The molecule has 24 heavy (non-hydrogen) atoms. The maximum atomic E-state index is 12.0. The second-order valence-corrected chi connectivity index (χ2v) is 6.97. The van der Waals surface area contributed by atoms with Crippen LogP contribution in [0.2, 0.25) is 0 Å². The number of nitrogens with zero attached hydrogens (tertiary/aromatic N) is 1. The van der Waals surface area contributed by atoms with Gasteiger partial charge >= 0.3 is 6.09 Å². The highest BCUT2D eigenvalue weighted by Gasteiger charge is 2.35. The lowest BCUT2D eigenvalue weighted by molar-refractivity contribution is 0.118. The molecule has 1 aromatic carbocycles. The van der Waals surface area contributed by atoms with Crippen molar-refractivity contribution in [3.05, 3.63) is 35.9 Å². The van der Waals surface area contributed by atoms with Crippen LogP contribution in [0.15, 0.2) is 30.3 Å². The first-order chi connectivity index (χ1) is 11.8. The summed E-state index contributed by atoms with van der Waals surface area (Å²) in [6, 6.07) is 11.4. The minimum atomic E-state index is -0.302. The average Bonchev–Trinajstić information content (AvgIpc) is 3.45. The van der Waals surface area contributed by atoms with Crippen molar-refractivity contribution in [1.29, 1.82) is 0 Å². The van der Waals surface area contributed by atoms with Crippen LogP contribution in [-0.4, -0.2) is 42.2 Å². The molecule has 0 saturated heterocycles. The third-order valence-electron chi connectivity index (χ3n) is 5.10. The minimum Gasteiger partial charge on any atom is -0.445 e. The Hall–Kier alpha value is -1.59. The first-order valence-electron chi connectivity index (χ1n) is 9.19. The summed E-state index contributed by atoms with van der Waals surface area (Å²) in [7, 11) is 0. The molecule has 0 spiro atoms. The highest BCUT2D eigenvalue weighted by molar-refractivity contribution is 5.67. The first-order valence-corrected chi connectivity index (χ1v) is 9.19. The van der Waals surface area contributed by atoms with Crippen molar-refractivity contribution in [3.63, 3.8) is 0 Å². The van der Waals surface area contributed by atoms with E-state index in [4.69, 9.17) is 10.5 Å². The molecule has 5 nitrogen and oxygen atoms in total. The molecule has 0 heterocycles. The van der Waals surface area contributed by atoms with E-state index in [1.807, 2.05) is 30.3 Å². The summed E-state index contributed by atoms with van der Waals surface area (Å²) in [4.78, 5) is 14.6. The van der Waals surface area contributed by atoms with E-state index in [0.29, 0.717) is 12.6 Å². The van der Waals surface area contributed by atoms with Gasteiger partial charge in [0.15, 0.2) is 0 Å². The molecule has 0 bridgehead atoms. The molecule has 0 atom stereocenters. The van der Waals surface area contributed by atoms with Crippen molar-refractivity contribution >= 4 is 6.09 Å². The predicted molar refractivity (Wildman–Crippen MR) is 94.6 cm³/mol. The van der Waals surface area contributed by atoms with Gasteiger partial charge in [-0.3, -0.25) is 4.90 Å². The molecule has 1 amide bonds. The number of nitrogens with one attached hydrogen (secondary N) is 1. The molecule has 2 aliphatic carbocycles. The highest BCUT2D eigenvalue weighted by Crippen LogP contribution is 2.33. The number of hydrogen-bond donors (Lipinski definition) is 2. The average molecular weight is 331 g/mol. The zero-order chi connectivity index (χ0) is 16.8. The second-order valence-electron chi connectivity index (χ2n) is 6.97. The van der Waals surface area contributed by atoms with Crippen LogP contribution in [0.3, 0.4) is 0 Å². The molecule has 1 aromatic rings. The van der Waals surface area contributed by atoms with Gasteiger partial charge in [-0.1, -0.05) is 30.3 Å². The van der Waals surface area contributed by atoms with E-state index >= 15 is 0 Å². The van der Waals surface area contributed by atoms with Crippen LogP contribution in [0.5, 0.6) is 0 Å². The summed E-state index contributed by atoms with van der Waals surface area (Å²) in [5.41, 5.74) is 6.77. The molecule has 5 heteroatoms. The molecule has 2 saturated carbocycles. The van der Waals surface area contributed by atoms with E-state index in [2.05, 4.69) is 10.2 Å². The van der Waals surface area contributed by atoms with E-state index in [-0.39, 0.29) is 12.1 Å². The molecule has 0 aliphatic heterocycles. The number of rotatable bonds is 7. The van der Waals surface area contributed by atoms with Gasteiger partial charge in [-0.2, -0.15) is 0 Å². The minimum absolute atomic E-state index is 0.239. The van der Waals surface area contributed by atoms with Crippen LogP contribution in [0, 0.1) is 0 Å². The SMILES string of the molecule is NCCN(C1CCC(NC(=O)OCc2ccccc2)CC1)C1CC1. The predicted octanol–water partition coefficient (Wildman–Crippen LogP) is 2.65. The Morgan fingerprint density at radius 2 is 1.71 bits per heavy atom. The van der Waals surface area contributed by atoms with E-state index in [1.54, 1.807) is 0 Å². The lowest BCUT2D eigenvalue weighted by Crippen LogP contribution is -2.46. The first kappa shape index (κ1) is 17.2. The van der Waals surface area contributed by atoms with Crippen molar-refractivity contribution in [2.24, 2.45) is 5.73 Å². The van der Waals surface area contributed by atoms with Gasteiger partial charge < -0.3 is 15.8 Å². The summed E-state index contributed by atoms with van der Waals surface area (Å²) in [5.74, 6) is 0. The highest BCUT2D eigenvalue weighted by atomic mass is 16.5. The smallest absolute Gasteiger partial charge is 0.407 e. The zero-order valence-corrected chi connectivity index (χ0v) is 14.3. The molecule has 0 aromatic heterocycles. The van der Waals surface area contributed by atoms with Gasteiger partial charge in [0.05, 0.1) is 0 Å². The topological polar surface area (TPSA) is 67.6 Å². The second kappa shape index (κ2) is 8.49. The van der Waals surface area contributed by atoms with E-state index < -0.39 is 0 Å². The maximum Gasteiger partial charge on any atom is 0.407 e. The number of carbonyl (C=O) groups is 1. The standard InChI is InChI=1S/C19H29N3O2/c20-12-13-22(18-10-11-18)17-8-6-16(7-9-17)21-19(23)24-14-15-4-2-1-3-5-15/h1-5,16-18H,6-14,20H2,(H,21,23). The molecule has 3 N–H and O–H groups in total. The fourth-order valence-electron chi connectivity index (χ4n) is 3.70. The number of nitrogens with two attached hydrogens (primary N) is 1. The number of alkyl carbamates (subject to hydrolysis) is 1. The van der Waals surface area contributed by atoms with Gasteiger partial charge in [0.2, 0.25) is 0 Å². The molecule has 132 valence electrons. The van der Waals surface area contributed by atoms with Gasteiger partial charge in [0.25, 0.3) is 0 Å². The largest absolute Gasteiger partial charge is 0.445 e. The fourth-order valence-corrected chi connectivity index (χ4v) is 3.70. The summed E-state index contributed by atoms with van der Waals surface area (Å²) in [6.07, 6.45) is 6.68. The van der Waals surface area contributed by atoms with Gasteiger partial charge in [0, 0.05) is 31.2 Å². The zero-order valence-electron chi connectivity index (χ0n) is 14.3. The Balaban J connectivity index is 1.37. The summed E-state index contributed by atoms with van der Waals surface area (Å²) >= 11 is 0. The molecule has 0 unspecified atom stereocenters. The van der Waals surface area contributed by atoms with Crippen LogP contribution in [-0.2, 0) is 11.3 Å². The summed E-state index contributed by atoms with van der Waals surface area (Å²) in [5, 5.41) is 3.02. The molecular formula is C19H29N3O2. The van der Waals surface area contributed by atoms with E-state index in [1.165, 1.54) is 12.8 Å². The van der Waals surface area contributed by atoms with Crippen LogP contribution in [0.1, 0.15) is 44.1 Å². The Labute approximate surface area is 144 Å². The van der Waals surface area contributed by atoms with Gasteiger partial charge in [-0.15, -0.1) is 0 Å². The molecular weight excluding hydrogens is 302 g/mol. The van der Waals surface area contributed by atoms with Crippen molar-refractivity contribution in [2.75, 3.05) is 13.1 Å². The molecule has 2 aliphatic rings. The van der Waals surface area contributed by atoms with Crippen molar-refractivity contribution in [3.8, 4) is 0 Å². The van der Waals surface area contributed by atoms with Crippen molar-refractivity contribution in [2.45, 2.75) is 63.3 Å². The van der Waals surface area contributed by atoms with Crippen LogP contribution in [0.4, 0.5) is 4.79 Å². The monoisotopic (exact) mass is 331 g/mol. The number of hydrogen-bond acceptors (Lipinski definition) is 4. The Morgan fingerprint density at radius 1 is 1.08 bits per heavy atom. The normalized spacial score (nSPS) is 23.9. The molecule has 3 rings (SSSR count). The van der Waals surface area contributed by atoms with Crippen molar-refractivity contribution in [1.82, 2.24) is 10.2 Å². The van der Waals surface area contributed by atoms with Crippen LogP contribution < -0.4 is 11.1 Å². The van der Waals surface area contributed by atoms with Crippen LogP contribution >= 0.6 is 0 Å². The van der Waals surface area contributed by atoms with Crippen molar-refractivity contribution < 1.29 is 9.53 Å². The lowest BCUT2D eigenvalue weighted by atomic mass is 9.90. The maximum absolute atomic E-state index is 12.0. The van der Waals surface area contributed by atoms with Crippen LogP contribution in [0.25, 0.3) is 0 Å². The number of benzene rings is 1.